The van der Waals surface area contributed by atoms with Gasteiger partial charge in [0.1, 0.15) is 0 Å². The van der Waals surface area contributed by atoms with Gasteiger partial charge in [0.15, 0.2) is 0 Å². The fourth-order valence-electron chi connectivity index (χ4n) is 3.04. The first-order valence-corrected chi connectivity index (χ1v) is 8.69. The maximum Gasteiger partial charge on any atom is 0.335 e. The number of hydrogen-bond donors (Lipinski definition) is 1. The summed E-state index contributed by atoms with van der Waals surface area (Å²) in [6.07, 6.45) is 4.41. The van der Waals surface area contributed by atoms with Crippen LogP contribution in [0.3, 0.4) is 0 Å². The van der Waals surface area contributed by atoms with Gasteiger partial charge in [-0.2, -0.15) is 0 Å². The molecule has 0 spiro atoms. The first-order valence-electron chi connectivity index (χ1n) is 8.69. The third kappa shape index (κ3) is 7.35. The van der Waals surface area contributed by atoms with Gasteiger partial charge < -0.3 is 5.11 Å². The zero-order valence-corrected chi connectivity index (χ0v) is 16.8. The number of carboxylic acids is 1. The lowest BCUT2D eigenvalue weighted by Crippen LogP contribution is -2.45. The molecule has 1 saturated heterocycles. The lowest BCUT2D eigenvalue weighted by molar-refractivity contribution is 0.0697. The highest BCUT2D eigenvalue weighted by molar-refractivity contribution is 5.87. The summed E-state index contributed by atoms with van der Waals surface area (Å²) in [5, 5.41) is 8.95. The van der Waals surface area contributed by atoms with Crippen molar-refractivity contribution in [1.29, 1.82) is 0 Å². The summed E-state index contributed by atoms with van der Waals surface area (Å²) in [7, 11) is 0. The molecule has 1 aliphatic rings. The van der Waals surface area contributed by atoms with Crippen LogP contribution in [0, 0.1) is 0 Å². The number of hydrogen-bond acceptors (Lipinski definition) is 3. The Morgan fingerprint density at radius 1 is 0.889 bits per heavy atom. The van der Waals surface area contributed by atoms with E-state index in [1.54, 1.807) is 12.1 Å². The SMILES string of the molecule is Cl.Cl.O=C(O)c1ccc(CN2CCN(C/C=C/c3ccccc3)CC2)cc1. The Labute approximate surface area is 173 Å². The predicted octanol–water partition coefficient (Wildman–Crippen LogP) is 4.06. The molecule has 0 amide bonds. The molecular weight excluding hydrogens is 383 g/mol. The molecule has 1 aliphatic heterocycles. The maximum absolute atomic E-state index is 10.9. The summed E-state index contributed by atoms with van der Waals surface area (Å²) in [5.74, 6) is -0.872. The normalized spacial score (nSPS) is 15.1. The van der Waals surface area contributed by atoms with Gasteiger partial charge in [-0.15, -0.1) is 24.8 Å². The van der Waals surface area contributed by atoms with Gasteiger partial charge in [0.05, 0.1) is 5.56 Å². The monoisotopic (exact) mass is 408 g/mol. The van der Waals surface area contributed by atoms with Crippen molar-refractivity contribution in [2.45, 2.75) is 6.54 Å². The highest BCUT2D eigenvalue weighted by Gasteiger charge is 2.16. The van der Waals surface area contributed by atoms with Crippen LogP contribution < -0.4 is 0 Å². The van der Waals surface area contributed by atoms with Crippen LogP contribution >= 0.6 is 24.8 Å². The highest BCUT2D eigenvalue weighted by Crippen LogP contribution is 2.11. The van der Waals surface area contributed by atoms with E-state index in [-0.39, 0.29) is 24.8 Å². The lowest BCUT2D eigenvalue weighted by atomic mass is 10.1. The molecule has 2 aromatic carbocycles. The molecule has 0 atom stereocenters. The van der Waals surface area contributed by atoms with Gasteiger partial charge in [-0.05, 0) is 23.3 Å². The van der Waals surface area contributed by atoms with Gasteiger partial charge in [-0.25, -0.2) is 4.79 Å². The van der Waals surface area contributed by atoms with E-state index in [2.05, 4.69) is 46.2 Å². The Bertz CT molecular complexity index is 713. The van der Waals surface area contributed by atoms with Crippen molar-refractivity contribution in [3.8, 4) is 0 Å². The van der Waals surface area contributed by atoms with Crippen molar-refractivity contribution in [2.24, 2.45) is 0 Å². The van der Waals surface area contributed by atoms with Crippen molar-refractivity contribution >= 4 is 36.9 Å². The molecule has 4 nitrogen and oxygen atoms in total. The zero-order valence-electron chi connectivity index (χ0n) is 15.2. The minimum absolute atomic E-state index is 0. The quantitative estimate of drug-likeness (QED) is 0.782. The Kier molecular flexibility index (Phi) is 10.1. The second-order valence-electron chi connectivity index (χ2n) is 6.39. The van der Waals surface area contributed by atoms with Crippen molar-refractivity contribution in [2.75, 3.05) is 32.7 Å². The third-order valence-corrected chi connectivity index (χ3v) is 4.55. The molecule has 1 N–H and O–H groups in total. The standard InChI is InChI=1S/C21H24N2O2.2ClH/c24-21(25)20-10-8-19(9-11-20)17-23-15-13-22(14-16-23)12-4-7-18-5-2-1-3-6-18;;/h1-11H,12-17H2,(H,24,25);2*1H/b7-4+;;. The van der Waals surface area contributed by atoms with Crippen LogP contribution in [0.25, 0.3) is 6.08 Å². The van der Waals surface area contributed by atoms with E-state index in [0.717, 1.165) is 39.3 Å². The van der Waals surface area contributed by atoms with E-state index in [1.165, 1.54) is 11.1 Å². The fraction of sp³-hybridized carbons (Fsp3) is 0.286. The van der Waals surface area contributed by atoms with Gasteiger partial charge in [0.2, 0.25) is 0 Å². The predicted molar refractivity (Wildman–Crippen MR) is 115 cm³/mol. The minimum atomic E-state index is -0.872. The van der Waals surface area contributed by atoms with Crippen molar-refractivity contribution in [3.63, 3.8) is 0 Å². The molecule has 0 radical (unpaired) electrons. The molecular formula is C21H26Cl2N2O2. The van der Waals surface area contributed by atoms with Gasteiger partial charge in [0, 0.05) is 39.3 Å². The smallest absolute Gasteiger partial charge is 0.335 e. The van der Waals surface area contributed by atoms with Crippen LogP contribution in [-0.2, 0) is 6.54 Å². The summed E-state index contributed by atoms with van der Waals surface area (Å²) in [6, 6.07) is 17.6. The summed E-state index contributed by atoms with van der Waals surface area (Å²) in [4.78, 5) is 15.8. The Balaban J connectivity index is 0.00000182. The molecule has 0 bridgehead atoms. The Morgan fingerprint density at radius 3 is 2.07 bits per heavy atom. The van der Waals surface area contributed by atoms with Crippen LogP contribution in [0.4, 0.5) is 0 Å². The highest BCUT2D eigenvalue weighted by atomic mass is 35.5. The number of halogens is 2. The largest absolute Gasteiger partial charge is 0.478 e. The van der Waals surface area contributed by atoms with Crippen molar-refractivity contribution in [1.82, 2.24) is 9.80 Å². The van der Waals surface area contributed by atoms with Crippen LogP contribution in [-0.4, -0.2) is 53.6 Å². The van der Waals surface area contributed by atoms with Crippen LogP contribution in [0.15, 0.2) is 60.7 Å². The molecule has 6 heteroatoms. The average Bonchev–Trinajstić information content (AvgIpc) is 2.64. The van der Waals surface area contributed by atoms with E-state index < -0.39 is 5.97 Å². The van der Waals surface area contributed by atoms with Gasteiger partial charge in [-0.1, -0.05) is 54.6 Å². The number of benzene rings is 2. The van der Waals surface area contributed by atoms with Gasteiger partial charge in [-0.3, -0.25) is 9.80 Å². The van der Waals surface area contributed by atoms with Gasteiger partial charge >= 0.3 is 5.97 Å². The molecule has 0 unspecified atom stereocenters. The topological polar surface area (TPSA) is 43.8 Å². The number of carbonyl (C=O) groups is 1. The number of aromatic carboxylic acids is 1. The van der Waals surface area contributed by atoms with E-state index in [1.807, 2.05) is 18.2 Å². The molecule has 0 saturated carbocycles. The van der Waals surface area contributed by atoms with E-state index in [4.69, 9.17) is 5.11 Å². The number of nitrogens with zero attached hydrogens (tertiary/aromatic N) is 2. The third-order valence-electron chi connectivity index (χ3n) is 4.55. The average molecular weight is 409 g/mol. The first-order chi connectivity index (χ1) is 12.2. The molecule has 2 aromatic rings. The second kappa shape index (κ2) is 11.8. The molecule has 0 aliphatic carbocycles. The molecule has 146 valence electrons. The van der Waals surface area contributed by atoms with Crippen molar-refractivity contribution in [3.05, 3.63) is 77.4 Å². The summed E-state index contributed by atoms with van der Waals surface area (Å²) in [6.45, 7) is 6.07. The van der Waals surface area contributed by atoms with E-state index >= 15 is 0 Å². The first kappa shape index (κ1) is 23.2. The van der Waals surface area contributed by atoms with Crippen LogP contribution in [0.5, 0.6) is 0 Å². The maximum atomic E-state index is 10.9. The zero-order chi connectivity index (χ0) is 17.5. The molecule has 0 aromatic heterocycles. The molecule has 3 rings (SSSR count). The second-order valence-corrected chi connectivity index (χ2v) is 6.39. The Hall–Kier alpha value is -1.85. The van der Waals surface area contributed by atoms with E-state index in [9.17, 15) is 4.79 Å². The number of piperazine rings is 1. The fourth-order valence-corrected chi connectivity index (χ4v) is 3.04. The van der Waals surface area contributed by atoms with Crippen LogP contribution in [0.2, 0.25) is 0 Å². The summed E-state index contributed by atoms with van der Waals surface area (Å²) >= 11 is 0. The molecule has 1 heterocycles. The number of rotatable bonds is 6. The van der Waals surface area contributed by atoms with Gasteiger partial charge in [0.25, 0.3) is 0 Å². The minimum Gasteiger partial charge on any atom is -0.478 e. The summed E-state index contributed by atoms with van der Waals surface area (Å²) in [5.41, 5.74) is 2.76. The Morgan fingerprint density at radius 2 is 1.48 bits per heavy atom. The summed E-state index contributed by atoms with van der Waals surface area (Å²) < 4.78 is 0. The number of carboxylic acid groups (broad SMARTS) is 1. The van der Waals surface area contributed by atoms with Crippen LogP contribution in [0.1, 0.15) is 21.5 Å². The molecule has 1 fully saturated rings. The van der Waals surface area contributed by atoms with E-state index in [0.29, 0.717) is 5.56 Å². The molecule has 27 heavy (non-hydrogen) atoms. The lowest BCUT2D eigenvalue weighted by Gasteiger charge is -2.34. The van der Waals surface area contributed by atoms with Crippen molar-refractivity contribution < 1.29 is 9.90 Å².